The minimum Gasteiger partial charge on any atom is -0.396 e. The maximum absolute atomic E-state index is 12.6. The predicted molar refractivity (Wildman–Crippen MR) is 63.5 cm³/mol. The van der Waals surface area contributed by atoms with Crippen molar-refractivity contribution in [3.05, 3.63) is 23.8 Å². The lowest BCUT2D eigenvalue weighted by Gasteiger charge is -2.05. The van der Waals surface area contributed by atoms with Crippen LogP contribution < -0.4 is 0 Å². The van der Waals surface area contributed by atoms with Crippen LogP contribution in [0.1, 0.15) is 5.56 Å². The summed E-state index contributed by atoms with van der Waals surface area (Å²) < 4.78 is 39.4. The smallest absolute Gasteiger partial charge is 0.396 e. The van der Waals surface area contributed by atoms with Gasteiger partial charge in [0, 0.05) is 12.8 Å². The van der Waals surface area contributed by atoms with E-state index in [1.54, 1.807) is 11.6 Å². The fraction of sp³-hybridized carbons (Fsp3) is 0.364. The van der Waals surface area contributed by atoms with Crippen LogP contribution in [-0.4, -0.2) is 27.0 Å². The van der Waals surface area contributed by atoms with Crippen LogP contribution in [0.2, 0.25) is 0 Å². The minimum atomic E-state index is -4.36. The molecule has 0 aliphatic heterocycles. The van der Waals surface area contributed by atoms with E-state index >= 15 is 0 Å². The quantitative estimate of drug-likeness (QED) is 0.876. The molecule has 0 atom stereocenters. The van der Waals surface area contributed by atoms with E-state index in [0.29, 0.717) is 21.9 Å². The van der Waals surface area contributed by atoms with Crippen molar-refractivity contribution in [2.45, 2.75) is 11.3 Å². The molecular formula is C11H11F3N2OS. The fourth-order valence-electron chi connectivity index (χ4n) is 1.62. The number of fused-ring (bicyclic) bond motifs is 1. The minimum absolute atomic E-state index is 0.00166. The Kier molecular flexibility index (Phi) is 3.54. The number of thioether (sulfide) groups is 1. The molecule has 0 bridgehead atoms. The molecule has 98 valence electrons. The van der Waals surface area contributed by atoms with Crippen LogP contribution in [0.25, 0.3) is 11.0 Å². The van der Waals surface area contributed by atoms with E-state index in [-0.39, 0.29) is 6.61 Å². The number of benzene rings is 1. The highest BCUT2D eigenvalue weighted by Gasteiger charge is 2.30. The SMILES string of the molecule is Cn1c(SCCO)nc2cc(C(F)(F)F)ccc21. The number of hydrogen-bond acceptors (Lipinski definition) is 3. The van der Waals surface area contributed by atoms with Crippen LogP contribution in [0.3, 0.4) is 0 Å². The van der Waals surface area contributed by atoms with Gasteiger partial charge in [-0.1, -0.05) is 11.8 Å². The van der Waals surface area contributed by atoms with Gasteiger partial charge in [0.2, 0.25) is 0 Å². The zero-order chi connectivity index (χ0) is 13.3. The highest BCUT2D eigenvalue weighted by Crippen LogP contribution is 2.32. The van der Waals surface area contributed by atoms with Gasteiger partial charge in [-0.05, 0) is 18.2 Å². The average molecular weight is 276 g/mol. The largest absolute Gasteiger partial charge is 0.416 e. The first-order valence-electron chi connectivity index (χ1n) is 5.21. The van der Waals surface area contributed by atoms with Gasteiger partial charge in [-0.15, -0.1) is 0 Å². The topological polar surface area (TPSA) is 38.0 Å². The van der Waals surface area contributed by atoms with Gasteiger partial charge in [-0.25, -0.2) is 4.98 Å². The van der Waals surface area contributed by atoms with Crippen LogP contribution in [0.15, 0.2) is 23.4 Å². The van der Waals surface area contributed by atoms with Crippen molar-refractivity contribution in [2.75, 3.05) is 12.4 Å². The first kappa shape index (κ1) is 13.2. The Morgan fingerprint density at radius 1 is 1.39 bits per heavy atom. The second-order valence-corrected chi connectivity index (χ2v) is 4.79. The van der Waals surface area contributed by atoms with Gasteiger partial charge >= 0.3 is 6.18 Å². The van der Waals surface area contributed by atoms with Crippen LogP contribution in [0, 0.1) is 0 Å². The van der Waals surface area contributed by atoms with Crippen molar-refractivity contribution in [3.63, 3.8) is 0 Å². The fourth-order valence-corrected chi connectivity index (χ4v) is 2.35. The summed E-state index contributed by atoms with van der Waals surface area (Å²) in [4.78, 5) is 4.14. The van der Waals surface area contributed by atoms with E-state index in [1.807, 2.05) is 0 Å². The molecule has 3 nitrogen and oxygen atoms in total. The van der Waals surface area contributed by atoms with Gasteiger partial charge in [0.15, 0.2) is 5.16 Å². The van der Waals surface area contributed by atoms with Gasteiger partial charge in [0.05, 0.1) is 23.2 Å². The van der Waals surface area contributed by atoms with Gasteiger partial charge in [0.25, 0.3) is 0 Å². The average Bonchev–Trinajstić information content (AvgIpc) is 2.62. The molecule has 2 aromatic rings. The highest BCUT2D eigenvalue weighted by atomic mass is 32.2. The Bertz CT molecular complexity index is 565. The number of aliphatic hydroxyl groups is 1. The van der Waals surface area contributed by atoms with E-state index < -0.39 is 11.7 Å². The molecule has 0 unspecified atom stereocenters. The summed E-state index contributed by atoms with van der Waals surface area (Å²) in [5.41, 5.74) is 0.253. The number of aliphatic hydroxyl groups excluding tert-OH is 1. The molecule has 0 aliphatic carbocycles. The van der Waals surface area contributed by atoms with E-state index in [1.165, 1.54) is 17.8 Å². The molecule has 1 aromatic heterocycles. The molecule has 1 aromatic carbocycles. The molecule has 7 heteroatoms. The Balaban J connectivity index is 2.45. The van der Waals surface area contributed by atoms with Crippen molar-refractivity contribution in [1.82, 2.24) is 9.55 Å². The molecule has 0 spiro atoms. The second kappa shape index (κ2) is 4.81. The third-order valence-electron chi connectivity index (χ3n) is 2.49. The van der Waals surface area contributed by atoms with E-state index in [2.05, 4.69) is 4.98 Å². The molecule has 0 amide bonds. The third kappa shape index (κ3) is 2.46. The summed E-state index contributed by atoms with van der Waals surface area (Å²) >= 11 is 1.31. The van der Waals surface area contributed by atoms with Gasteiger partial charge < -0.3 is 9.67 Å². The normalized spacial score (nSPS) is 12.3. The summed E-state index contributed by atoms with van der Waals surface area (Å²) in [5.74, 6) is 0.462. The lowest BCUT2D eigenvalue weighted by molar-refractivity contribution is -0.137. The third-order valence-corrected chi connectivity index (χ3v) is 3.50. The zero-order valence-corrected chi connectivity index (χ0v) is 10.3. The molecule has 1 N–H and O–H groups in total. The number of aryl methyl sites for hydroxylation is 1. The Morgan fingerprint density at radius 3 is 2.72 bits per heavy atom. The Labute approximate surface area is 106 Å². The van der Waals surface area contributed by atoms with Crippen LogP contribution in [0.5, 0.6) is 0 Å². The number of imidazole rings is 1. The van der Waals surface area contributed by atoms with E-state index in [0.717, 1.165) is 12.1 Å². The van der Waals surface area contributed by atoms with Crippen molar-refractivity contribution < 1.29 is 18.3 Å². The van der Waals surface area contributed by atoms with Crippen molar-refractivity contribution in [3.8, 4) is 0 Å². The monoisotopic (exact) mass is 276 g/mol. The molecule has 0 fully saturated rings. The summed E-state index contributed by atoms with van der Waals surface area (Å²) in [7, 11) is 1.74. The predicted octanol–water partition coefficient (Wildman–Crippen LogP) is 2.68. The Hall–Kier alpha value is -1.21. The summed E-state index contributed by atoms with van der Waals surface area (Å²) in [5, 5.41) is 9.33. The standard InChI is InChI=1S/C11H11F3N2OS/c1-16-9-3-2-7(11(12,13)14)6-8(9)15-10(16)18-5-4-17/h2-3,6,17H,4-5H2,1H3. The first-order chi connectivity index (χ1) is 8.43. The van der Waals surface area contributed by atoms with E-state index in [4.69, 9.17) is 5.11 Å². The zero-order valence-electron chi connectivity index (χ0n) is 9.53. The maximum atomic E-state index is 12.6. The van der Waals surface area contributed by atoms with Crippen LogP contribution in [-0.2, 0) is 13.2 Å². The molecule has 2 rings (SSSR count). The number of alkyl halides is 3. The lowest BCUT2D eigenvalue weighted by Crippen LogP contribution is -2.04. The first-order valence-corrected chi connectivity index (χ1v) is 6.19. The number of hydrogen-bond donors (Lipinski definition) is 1. The molecule has 0 saturated heterocycles. The highest BCUT2D eigenvalue weighted by molar-refractivity contribution is 7.99. The second-order valence-electron chi connectivity index (χ2n) is 3.73. The molecule has 0 radical (unpaired) electrons. The summed E-state index contributed by atoms with van der Waals surface area (Å²) in [6, 6.07) is 3.50. The van der Waals surface area contributed by atoms with Gasteiger partial charge in [-0.3, -0.25) is 0 Å². The number of nitrogens with zero attached hydrogens (tertiary/aromatic N) is 2. The maximum Gasteiger partial charge on any atom is 0.416 e. The number of halogens is 3. The molecule has 18 heavy (non-hydrogen) atoms. The number of rotatable bonds is 3. The summed E-state index contributed by atoms with van der Waals surface area (Å²) in [6.45, 7) is 0.00166. The van der Waals surface area contributed by atoms with Gasteiger partial charge in [-0.2, -0.15) is 13.2 Å². The van der Waals surface area contributed by atoms with Crippen molar-refractivity contribution in [2.24, 2.45) is 7.05 Å². The van der Waals surface area contributed by atoms with Crippen molar-refractivity contribution >= 4 is 22.8 Å². The van der Waals surface area contributed by atoms with E-state index in [9.17, 15) is 13.2 Å². The molecular weight excluding hydrogens is 265 g/mol. The van der Waals surface area contributed by atoms with Gasteiger partial charge in [0.1, 0.15) is 0 Å². The molecule has 1 heterocycles. The van der Waals surface area contributed by atoms with Crippen molar-refractivity contribution in [1.29, 1.82) is 0 Å². The Morgan fingerprint density at radius 2 is 2.11 bits per heavy atom. The van der Waals surface area contributed by atoms with Crippen LogP contribution in [0.4, 0.5) is 13.2 Å². The lowest BCUT2D eigenvalue weighted by atomic mass is 10.2. The molecule has 0 saturated carbocycles. The number of aromatic nitrogens is 2. The molecule has 0 aliphatic rings. The summed E-state index contributed by atoms with van der Waals surface area (Å²) in [6.07, 6.45) is -4.36. The van der Waals surface area contributed by atoms with Crippen LogP contribution >= 0.6 is 11.8 Å².